The van der Waals surface area contributed by atoms with Gasteiger partial charge in [0.15, 0.2) is 0 Å². The van der Waals surface area contributed by atoms with Crippen LogP contribution in [0.3, 0.4) is 0 Å². The van der Waals surface area contributed by atoms with E-state index in [2.05, 4.69) is 26.8 Å². The fourth-order valence-corrected chi connectivity index (χ4v) is 9.12. The molecule has 0 amide bonds. The first kappa shape index (κ1) is 26.7. The molecular weight excluding hydrogens is 420 g/mol. The monoisotopic (exact) mass is 474 g/mol. The Morgan fingerprint density at radius 3 is 2.35 bits per heavy atom. The van der Waals surface area contributed by atoms with E-state index in [1.165, 1.54) is 51.4 Å². The summed E-state index contributed by atoms with van der Waals surface area (Å²) in [5.74, 6) is 3.91. The molecule has 3 saturated carbocycles. The van der Waals surface area contributed by atoms with E-state index in [0.29, 0.717) is 23.4 Å². The highest BCUT2D eigenvalue weighted by Crippen LogP contribution is 2.67. The molecule has 2 N–H and O–H groups in total. The van der Waals surface area contributed by atoms with Crippen LogP contribution in [0.1, 0.15) is 119 Å². The lowest BCUT2D eigenvalue weighted by Crippen LogP contribution is -2.52. The van der Waals surface area contributed by atoms with Gasteiger partial charge in [-0.3, -0.25) is 0 Å². The van der Waals surface area contributed by atoms with E-state index in [1.54, 1.807) is 5.57 Å². The molecule has 0 aromatic carbocycles. The van der Waals surface area contributed by atoms with Crippen molar-refractivity contribution >= 4 is 0 Å². The summed E-state index contributed by atoms with van der Waals surface area (Å²) in [5.41, 5.74) is 1.26. The Kier molecular flexibility index (Phi) is 7.45. The van der Waals surface area contributed by atoms with E-state index in [-0.39, 0.29) is 6.10 Å². The van der Waals surface area contributed by atoms with Gasteiger partial charge in [0.05, 0.1) is 23.9 Å². The molecule has 0 aromatic rings. The number of fused-ring (bicyclic) bond motifs is 5. The minimum Gasteiger partial charge on any atom is -0.390 e. The zero-order chi connectivity index (χ0) is 24.9. The molecule has 196 valence electrons. The van der Waals surface area contributed by atoms with Gasteiger partial charge < -0.3 is 14.9 Å². The summed E-state index contributed by atoms with van der Waals surface area (Å²) in [6, 6.07) is 0. The Balaban J connectivity index is 1.43. The molecule has 0 heterocycles. The van der Waals surface area contributed by atoms with Crippen molar-refractivity contribution < 1.29 is 14.9 Å². The molecule has 4 aliphatic rings. The maximum absolute atomic E-state index is 10.2. The van der Waals surface area contributed by atoms with Crippen molar-refractivity contribution in [1.82, 2.24) is 0 Å². The molecule has 3 fully saturated rings. The quantitative estimate of drug-likeness (QED) is 0.287. The first-order valence-electron chi connectivity index (χ1n) is 14.5. The highest BCUT2D eigenvalue weighted by Gasteiger charge is 2.59. The molecule has 8 atom stereocenters. The normalized spacial score (nSPS) is 42.6. The second-order valence-corrected chi connectivity index (χ2v) is 14.6. The largest absolute Gasteiger partial charge is 0.390 e. The number of aliphatic hydroxyl groups is 2. The fourth-order valence-electron chi connectivity index (χ4n) is 9.12. The van der Waals surface area contributed by atoms with Gasteiger partial charge in [0.1, 0.15) is 0 Å². The lowest BCUT2D eigenvalue weighted by atomic mass is 9.46. The van der Waals surface area contributed by atoms with Crippen molar-refractivity contribution in [3.63, 3.8) is 0 Å². The van der Waals surface area contributed by atoms with Gasteiger partial charge >= 0.3 is 0 Å². The highest BCUT2D eigenvalue weighted by molar-refractivity contribution is 5.27. The van der Waals surface area contributed by atoms with Crippen LogP contribution in [-0.2, 0) is 4.74 Å². The van der Waals surface area contributed by atoms with Gasteiger partial charge in [-0.1, -0.05) is 45.3 Å². The van der Waals surface area contributed by atoms with Gasteiger partial charge in [0, 0.05) is 5.92 Å². The van der Waals surface area contributed by atoms with Crippen molar-refractivity contribution in [3.8, 4) is 0 Å². The maximum Gasteiger partial charge on any atom is 0.0824 e. The summed E-state index contributed by atoms with van der Waals surface area (Å²) in [6.45, 7) is 15.6. The van der Waals surface area contributed by atoms with Gasteiger partial charge in [-0.05, 0) is 120 Å². The molecule has 0 spiro atoms. The van der Waals surface area contributed by atoms with Crippen molar-refractivity contribution in [2.24, 2.45) is 40.4 Å². The molecule has 0 aromatic heterocycles. The molecule has 3 nitrogen and oxygen atoms in total. The van der Waals surface area contributed by atoms with E-state index in [9.17, 15) is 10.2 Å². The fraction of sp³-hybridized carbons (Fsp3) is 0.935. The lowest BCUT2D eigenvalue weighted by Gasteiger charge is -2.59. The molecule has 0 radical (unpaired) electrons. The molecule has 0 aliphatic heterocycles. The Bertz CT molecular complexity index is 743. The zero-order valence-electron chi connectivity index (χ0n) is 23.3. The third kappa shape index (κ3) is 5.18. The Morgan fingerprint density at radius 2 is 1.68 bits per heavy atom. The highest BCUT2D eigenvalue weighted by atomic mass is 16.5. The van der Waals surface area contributed by atoms with Gasteiger partial charge in [-0.25, -0.2) is 0 Å². The molecule has 8 unspecified atom stereocenters. The summed E-state index contributed by atoms with van der Waals surface area (Å²) in [5, 5.41) is 20.2. The second-order valence-electron chi connectivity index (χ2n) is 14.6. The molecule has 0 bridgehead atoms. The van der Waals surface area contributed by atoms with E-state index in [4.69, 9.17) is 4.74 Å². The van der Waals surface area contributed by atoms with Crippen LogP contribution in [0, 0.1) is 40.4 Å². The number of unbranched alkanes of at least 4 members (excludes halogenated alkanes) is 1. The molecule has 34 heavy (non-hydrogen) atoms. The Hall–Kier alpha value is -0.380. The van der Waals surface area contributed by atoms with Crippen LogP contribution in [0.5, 0.6) is 0 Å². The molecule has 0 saturated heterocycles. The minimum atomic E-state index is -0.756. The number of ether oxygens (including phenoxy) is 1. The molecular formula is C31H54O3. The van der Waals surface area contributed by atoms with Crippen molar-refractivity contribution in [1.29, 1.82) is 0 Å². The SMILES string of the molecule is CC1C2=CCC3C(CCC4(C)C(CCCCC(C)(C)O)CCC34)C2(C)CCC1OCC(C)(C)O. The summed E-state index contributed by atoms with van der Waals surface area (Å²) >= 11 is 0. The minimum absolute atomic E-state index is 0.246. The summed E-state index contributed by atoms with van der Waals surface area (Å²) in [4.78, 5) is 0. The maximum atomic E-state index is 10.2. The van der Waals surface area contributed by atoms with Crippen molar-refractivity contribution in [3.05, 3.63) is 11.6 Å². The first-order valence-corrected chi connectivity index (χ1v) is 14.5. The zero-order valence-corrected chi connectivity index (χ0v) is 23.3. The average molecular weight is 475 g/mol. The van der Waals surface area contributed by atoms with Crippen molar-refractivity contribution in [2.75, 3.05) is 6.61 Å². The Morgan fingerprint density at radius 1 is 0.941 bits per heavy atom. The summed E-state index contributed by atoms with van der Waals surface area (Å²) in [6.07, 6.45) is 16.9. The van der Waals surface area contributed by atoms with E-state index in [1.807, 2.05) is 27.7 Å². The van der Waals surface area contributed by atoms with Crippen LogP contribution in [0.2, 0.25) is 0 Å². The topological polar surface area (TPSA) is 49.7 Å². The van der Waals surface area contributed by atoms with Crippen LogP contribution < -0.4 is 0 Å². The standard InChI is InChI=1S/C31H54O3/c1-21-24-14-12-23-25-13-11-22(10-8-9-17-28(2,3)32)30(25,6)18-15-26(23)31(24,7)19-16-27(21)34-20-29(4,5)33/h14,21-23,25-27,32-33H,8-13,15-20H2,1-7H3. The molecule has 4 rings (SSSR count). The van der Waals surface area contributed by atoms with Gasteiger partial charge in [0.25, 0.3) is 0 Å². The third-order valence-corrected chi connectivity index (χ3v) is 11.0. The molecule has 3 heteroatoms. The predicted octanol–water partition coefficient (Wildman–Crippen LogP) is 7.30. The van der Waals surface area contributed by atoms with Crippen LogP contribution >= 0.6 is 0 Å². The average Bonchev–Trinajstić information content (AvgIpc) is 3.05. The number of rotatable bonds is 8. The van der Waals surface area contributed by atoms with E-state index >= 15 is 0 Å². The van der Waals surface area contributed by atoms with Gasteiger partial charge in [0.2, 0.25) is 0 Å². The first-order chi connectivity index (χ1) is 15.7. The van der Waals surface area contributed by atoms with E-state index in [0.717, 1.165) is 42.9 Å². The van der Waals surface area contributed by atoms with Crippen LogP contribution in [0.4, 0.5) is 0 Å². The van der Waals surface area contributed by atoms with Gasteiger partial charge in [-0.15, -0.1) is 0 Å². The summed E-state index contributed by atoms with van der Waals surface area (Å²) < 4.78 is 6.25. The van der Waals surface area contributed by atoms with Crippen molar-refractivity contribution in [2.45, 2.75) is 136 Å². The lowest BCUT2D eigenvalue weighted by molar-refractivity contribution is -0.0974. The van der Waals surface area contributed by atoms with Crippen LogP contribution in [0.25, 0.3) is 0 Å². The van der Waals surface area contributed by atoms with E-state index < -0.39 is 11.2 Å². The number of hydrogen-bond acceptors (Lipinski definition) is 3. The van der Waals surface area contributed by atoms with Gasteiger partial charge in [-0.2, -0.15) is 0 Å². The smallest absolute Gasteiger partial charge is 0.0824 e. The van der Waals surface area contributed by atoms with Crippen LogP contribution in [0.15, 0.2) is 11.6 Å². The number of allylic oxidation sites excluding steroid dienone is 1. The third-order valence-electron chi connectivity index (χ3n) is 11.0. The molecule has 4 aliphatic carbocycles. The Labute approximate surface area is 210 Å². The predicted molar refractivity (Wildman–Crippen MR) is 141 cm³/mol. The summed E-state index contributed by atoms with van der Waals surface area (Å²) in [7, 11) is 0. The van der Waals surface area contributed by atoms with Crippen LogP contribution in [-0.4, -0.2) is 34.1 Å². The second kappa shape index (κ2) is 9.49. The number of hydrogen-bond donors (Lipinski definition) is 2.